The Morgan fingerprint density at radius 3 is 2.95 bits per heavy atom. The minimum Gasteiger partial charge on any atom is -0.507 e. The Morgan fingerprint density at radius 1 is 1.53 bits per heavy atom. The molecule has 0 saturated carbocycles. The van der Waals surface area contributed by atoms with Crippen molar-refractivity contribution in [1.82, 2.24) is 9.78 Å². The van der Waals surface area contributed by atoms with Crippen LogP contribution in [0.5, 0.6) is 11.5 Å². The van der Waals surface area contributed by atoms with E-state index in [1.165, 1.54) is 19.2 Å². The number of benzene rings is 1. The predicted molar refractivity (Wildman–Crippen MR) is 70.5 cm³/mol. The number of aromatic hydroxyl groups is 1. The van der Waals surface area contributed by atoms with Crippen molar-refractivity contribution in [2.75, 3.05) is 12.4 Å². The average molecular weight is 261 g/mol. The zero-order chi connectivity index (χ0) is 13.8. The van der Waals surface area contributed by atoms with E-state index >= 15 is 0 Å². The maximum Gasteiger partial charge on any atom is 0.259 e. The average Bonchev–Trinajstić information content (AvgIpc) is 2.87. The first-order valence-electron chi connectivity index (χ1n) is 5.85. The number of methoxy groups -OCH3 is 1. The number of phenolic OH excluding ortho intramolecular Hbond substituents is 1. The molecule has 0 aliphatic carbocycles. The number of aromatic nitrogens is 2. The van der Waals surface area contributed by atoms with Crippen LogP contribution in [0.1, 0.15) is 17.3 Å². The van der Waals surface area contributed by atoms with E-state index in [1.807, 2.05) is 6.92 Å². The number of aryl methyl sites for hydroxylation is 1. The van der Waals surface area contributed by atoms with Gasteiger partial charge in [0.1, 0.15) is 11.5 Å². The fourth-order valence-electron chi connectivity index (χ4n) is 1.62. The molecular formula is C13H15N3O3. The Hall–Kier alpha value is -2.50. The quantitative estimate of drug-likeness (QED) is 0.880. The maximum atomic E-state index is 12.0. The lowest BCUT2D eigenvalue weighted by Gasteiger charge is -2.07. The Kier molecular flexibility index (Phi) is 3.70. The van der Waals surface area contributed by atoms with Gasteiger partial charge in [-0.2, -0.15) is 5.10 Å². The monoisotopic (exact) mass is 261 g/mol. The molecule has 2 aromatic rings. The molecule has 19 heavy (non-hydrogen) atoms. The van der Waals surface area contributed by atoms with Gasteiger partial charge in [0.05, 0.1) is 24.6 Å². The molecule has 0 bridgehead atoms. The first-order chi connectivity index (χ1) is 9.13. The molecule has 6 nitrogen and oxygen atoms in total. The third-order valence-corrected chi connectivity index (χ3v) is 2.66. The van der Waals surface area contributed by atoms with Gasteiger partial charge in [0.15, 0.2) is 0 Å². The largest absolute Gasteiger partial charge is 0.507 e. The van der Waals surface area contributed by atoms with Gasteiger partial charge in [-0.05, 0) is 25.1 Å². The van der Waals surface area contributed by atoms with Crippen LogP contribution < -0.4 is 10.1 Å². The number of anilines is 1. The number of rotatable bonds is 4. The molecule has 0 unspecified atom stereocenters. The van der Waals surface area contributed by atoms with Crippen LogP contribution in [0.4, 0.5) is 5.69 Å². The van der Waals surface area contributed by atoms with E-state index in [9.17, 15) is 9.90 Å². The van der Waals surface area contributed by atoms with Crippen LogP contribution in [0.3, 0.4) is 0 Å². The van der Waals surface area contributed by atoms with Crippen LogP contribution in [0, 0.1) is 0 Å². The number of carbonyl (C=O) groups excluding carboxylic acids is 1. The second-order valence-electron chi connectivity index (χ2n) is 3.92. The lowest BCUT2D eigenvalue weighted by atomic mass is 10.1. The Labute approximate surface area is 110 Å². The van der Waals surface area contributed by atoms with E-state index in [2.05, 4.69) is 10.4 Å². The van der Waals surface area contributed by atoms with Gasteiger partial charge in [-0.3, -0.25) is 9.48 Å². The summed E-state index contributed by atoms with van der Waals surface area (Å²) in [4.78, 5) is 12.0. The van der Waals surface area contributed by atoms with Crippen molar-refractivity contribution in [2.45, 2.75) is 13.5 Å². The molecule has 0 radical (unpaired) electrons. The second kappa shape index (κ2) is 5.43. The van der Waals surface area contributed by atoms with Gasteiger partial charge < -0.3 is 15.2 Å². The molecule has 1 aromatic carbocycles. The van der Waals surface area contributed by atoms with Crippen molar-refractivity contribution in [3.63, 3.8) is 0 Å². The van der Waals surface area contributed by atoms with Crippen LogP contribution in [-0.4, -0.2) is 27.9 Å². The highest BCUT2D eigenvalue weighted by atomic mass is 16.5. The van der Waals surface area contributed by atoms with Crippen molar-refractivity contribution < 1.29 is 14.6 Å². The minimum atomic E-state index is -0.410. The van der Waals surface area contributed by atoms with E-state index in [1.54, 1.807) is 23.1 Å². The van der Waals surface area contributed by atoms with E-state index < -0.39 is 5.91 Å². The summed E-state index contributed by atoms with van der Waals surface area (Å²) in [5.74, 6) is 0.000407. The van der Waals surface area contributed by atoms with Crippen molar-refractivity contribution in [1.29, 1.82) is 0 Å². The van der Waals surface area contributed by atoms with Gasteiger partial charge in [-0.1, -0.05) is 0 Å². The molecule has 1 amide bonds. The minimum absolute atomic E-state index is 0.0961. The summed E-state index contributed by atoms with van der Waals surface area (Å²) in [6, 6.07) is 4.49. The molecule has 0 spiro atoms. The lowest BCUT2D eigenvalue weighted by Crippen LogP contribution is -2.11. The van der Waals surface area contributed by atoms with Crippen molar-refractivity contribution >= 4 is 11.6 Å². The number of hydrogen-bond donors (Lipinski definition) is 2. The molecule has 0 fully saturated rings. The van der Waals surface area contributed by atoms with Gasteiger partial charge in [0, 0.05) is 12.7 Å². The Morgan fingerprint density at radius 2 is 2.32 bits per heavy atom. The topological polar surface area (TPSA) is 76.4 Å². The van der Waals surface area contributed by atoms with E-state index in [-0.39, 0.29) is 11.3 Å². The van der Waals surface area contributed by atoms with Gasteiger partial charge in [0.25, 0.3) is 5.91 Å². The highest BCUT2D eigenvalue weighted by molar-refractivity contribution is 6.06. The molecule has 2 rings (SSSR count). The smallest absolute Gasteiger partial charge is 0.259 e. The third-order valence-electron chi connectivity index (χ3n) is 2.66. The SMILES string of the molecule is CCn1cc(NC(=O)c2cc(OC)ccc2O)cn1. The summed E-state index contributed by atoms with van der Waals surface area (Å²) in [5, 5.41) is 16.4. The second-order valence-corrected chi connectivity index (χ2v) is 3.92. The summed E-state index contributed by atoms with van der Waals surface area (Å²) >= 11 is 0. The first-order valence-corrected chi connectivity index (χ1v) is 5.85. The first kappa shape index (κ1) is 12.9. The van der Waals surface area contributed by atoms with Crippen LogP contribution in [0.15, 0.2) is 30.6 Å². The number of amides is 1. The van der Waals surface area contributed by atoms with E-state index in [4.69, 9.17) is 4.74 Å². The van der Waals surface area contributed by atoms with Crippen molar-refractivity contribution in [3.05, 3.63) is 36.2 Å². The summed E-state index contributed by atoms with van der Waals surface area (Å²) in [6.45, 7) is 2.67. The summed E-state index contributed by atoms with van der Waals surface area (Å²) in [5.41, 5.74) is 0.734. The van der Waals surface area contributed by atoms with E-state index in [0.29, 0.717) is 11.4 Å². The zero-order valence-corrected chi connectivity index (χ0v) is 10.8. The summed E-state index contributed by atoms with van der Waals surface area (Å²) in [6.07, 6.45) is 3.27. The molecular weight excluding hydrogens is 246 g/mol. The zero-order valence-electron chi connectivity index (χ0n) is 10.8. The third kappa shape index (κ3) is 2.85. The van der Waals surface area contributed by atoms with Gasteiger partial charge in [-0.15, -0.1) is 0 Å². The fourth-order valence-corrected chi connectivity index (χ4v) is 1.62. The lowest BCUT2D eigenvalue weighted by molar-refractivity contribution is 0.102. The van der Waals surface area contributed by atoms with Crippen LogP contribution in [0.2, 0.25) is 0 Å². The molecule has 0 aliphatic heterocycles. The normalized spacial score (nSPS) is 10.2. The maximum absolute atomic E-state index is 12.0. The molecule has 100 valence electrons. The van der Waals surface area contributed by atoms with Crippen LogP contribution in [0.25, 0.3) is 0 Å². The molecule has 2 N–H and O–H groups in total. The van der Waals surface area contributed by atoms with Crippen molar-refractivity contribution in [2.24, 2.45) is 0 Å². The molecule has 0 aliphatic rings. The van der Waals surface area contributed by atoms with Gasteiger partial charge in [-0.25, -0.2) is 0 Å². The molecule has 6 heteroatoms. The highest BCUT2D eigenvalue weighted by Gasteiger charge is 2.13. The van der Waals surface area contributed by atoms with Gasteiger partial charge >= 0.3 is 0 Å². The molecule has 0 saturated heterocycles. The number of phenols is 1. The van der Waals surface area contributed by atoms with Crippen LogP contribution >= 0.6 is 0 Å². The number of nitrogens with zero attached hydrogens (tertiary/aromatic N) is 2. The Bertz CT molecular complexity index is 593. The molecule has 1 heterocycles. The predicted octanol–water partition coefficient (Wildman–Crippen LogP) is 1.87. The Balaban J connectivity index is 2.19. The fraction of sp³-hybridized carbons (Fsp3) is 0.231. The summed E-state index contributed by atoms with van der Waals surface area (Å²) < 4.78 is 6.72. The van der Waals surface area contributed by atoms with Crippen LogP contribution in [-0.2, 0) is 6.54 Å². The standard InChI is InChI=1S/C13H15N3O3/c1-3-16-8-9(7-14-16)15-13(18)11-6-10(19-2)4-5-12(11)17/h4-8,17H,3H2,1-2H3,(H,15,18). The number of carbonyl (C=O) groups is 1. The molecule has 0 atom stereocenters. The molecule has 1 aromatic heterocycles. The number of ether oxygens (including phenoxy) is 1. The van der Waals surface area contributed by atoms with E-state index in [0.717, 1.165) is 6.54 Å². The van der Waals surface area contributed by atoms with Gasteiger partial charge in [0.2, 0.25) is 0 Å². The van der Waals surface area contributed by atoms with Crippen molar-refractivity contribution in [3.8, 4) is 11.5 Å². The number of hydrogen-bond acceptors (Lipinski definition) is 4. The summed E-state index contributed by atoms with van der Waals surface area (Å²) in [7, 11) is 1.50. The number of nitrogens with one attached hydrogen (secondary N) is 1. The highest BCUT2D eigenvalue weighted by Crippen LogP contribution is 2.23.